The van der Waals surface area contributed by atoms with Gasteiger partial charge in [0.1, 0.15) is 0 Å². The second-order valence-corrected chi connectivity index (χ2v) is 6.63. The summed E-state index contributed by atoms with van der Waals surface area (Å²) >= 11 is 1.16. The number of nitrogens with two attached hydrogens (primary N) is 1. The van der Waals surface area contributed by atoms with Crippen LogP contribution in [0.25, 0.3) is 0 Å². The van der Waals surface area contributed by atoms with E-state index in [1.54, 1.807) is 0 Å². The maximum Gasteiger partial charge on any atom is 0.249 e. The molecule has 0 saturated carbocycles. The molecule has 0 amide bonds. The fraction of sp³-hybridized carbons (Fsp3) is 0.333. The van der Waals surface area contributed by atoms with Crippen molar-refractivity contribution in [3.05, 3.63) is 29.8 Å². The van der Waals surface area contributed by atoms with Gasteiger partial charge in [-0.25, -0.2) is 13.6 Å². The first-order valence-corrected chi connectivity index (χ1v) is 6.69. The third kappa shape index (κ3) is 1.67. The summed E-state index contributed by atoms with van der Waals surface area (Å²) in [4.78, 5) is 0.911. The number of sulfonamides is 1. The van der Waals surface area contributed by atoms with Gasteiger partial charge < -0.3 is 4.74 Å². The number of ether oxygens (including phenoxy) is 1. The van der Waals surface area contributed by atoms with Gasteiger partial charge in [0.05, 0.1) is 0 Å². The zero-order valence-electron chi connectivity index (χ0n) is 8.14. The van der Waals surface area contributed by atoms with E-state index in [-0.39, 0.29) is 0 Å². The Morgan fingerprint density at radius 1 is 1.47 bits per heavy atom. The Kier molecular flexibility index (Phi) is 2.54. The van der Waals surface area contributed by atoms with Crippen molar-refractivity contribution in [2.75, 3.05) is 7.11 Å². The van der Waals surface area contributed by atoms with E-state index >= 15 is 0 Å². The standard InChI is InChI=1S/C9H11NO3S2/c1-13-9(15(10,11)12)6-7-4-2-3-5-8(7)14-9/h2-5H,6H2,1H3,(H2,10,11,12). The normalized spacial score (nSPS) is 25.2. The summed E-state index contributed by atoms with van der Waals surface area (Å²) in [6, 6.07) is 7.48. The van der Waals surface area contributed by atoms with Crippen LogP contribution in [-0.2, 0) is 21.2 Å². The van der Waals surface area contributed by atoms with Crippen molar-refractivity contribution >= 4 is 21.8 Å². The molecule has 4 nitrogen and oxygen atoms in total. The van der Waals surface area contributed by atoms with E-state index in [0.29, 0.717) is 6.42 Å². The zero-order chi connectivity index (χ0) is 11.1. The van der Waals surface area contributed by atoms with Crippen molar-refractivity contribution in [1.82, 2.24) is 0 Å². The number of thioether (sulfide) groups is 1. The highest BCUT2D eigenvalue weighted by Gasteiger charge is 2.48. The number of primary sulfonamides is 1. The Morgan fingerprint density at radius 3 is 2.67 bits per heavy atom. The molecule has 0 spiro atoms. The number of fused-ring (bicyclic) bond motifs is 1. The molecule has 82 valence electrons. The number of hydrogen-bond donors (Lipinski definition) is 1. The Bertz CT molecular complexity index is 459. The lowest BCUT2D eigenvalue weighted by Crippen LogP contribution is -2.41. The molecule has 0 aromatic heterocycles. The molecule has 1 aromatic rings. The minimum absolute atomic E-state index is 0.295. The third-order valence-electron chi connectivity index (χ3n) is 2.39. The van der Waals surface area contributed by atoms with Crippen molar-refractivity contribution in [3.8, 4) is 0 Å². The molecule has 1 atom stereocenters. The van der Waals surface area contributed by atoms with Crippen molar-refractivity contribution in [2.24, 2.45) is 5.14 Å². The number of benzene rings is 1. The summed E-state index contributed by atoms with van der Waals surface area (Å²) in [5, 5.41) is 5.19. The summed E-state index contributed by atoms with van der Waals surface area (Å²) < 4.78 is 26.7. The smallest absolute Gasteiger partial charge is 0.249 e. The minimum Gasteiger partial charge on any atom is -0.352 e. The first-order chi connectivity index (χ1) is 6.98. The second-order valence-electron chi connectivity index (χ2n) is 3.32. The highest BCUT2D eigenvalue weighted by Crippen LogP contribution is 2.47. The van der Waals surface area contributed by atoms with E-state index in [2.05, 4.69) is 0 Å². The summed E-state index contributed by atoms with van der Waals surface area (Å²) in [6.07, 6.45) is 0.295. The van der Waals surface area contributed by atoms with Crippen LogP contribution in [0.5, 0.6) is 0 Å². The van der Waals surface area contributed by atoms with Crippen LogP contribution in [0.2, 0.25) is 0 Å². The fourth-order valence-electron chi connectivity index (χ4n) is 1.57. The Morgan fingerprint density at radius 2 is 2.13 bits per heavy atom. The average molecular weight is 245 g/mol. The van der Waals surface area contributed by atoms with Gasteiger partial charge in [-0.1, -0.05) is 30.0 Å². The van der Waals surface area contributed by atoms with Gasteiger partial charge in [0, 0.05) is 18.4 Å². The van der Waals surface area contributed by atoms with Gasteiger partial charge in [-0.15, -0.1) is 0 Å². The van der Waals surface area contributed by atoms with E-state index in [1.165, 1.54) is 7.11 Å². The molecule has 1 unspecified atom stereocenters. The first-order valence-electron chi connectivity index (χ1n) is 4.33. The van der Waals surface area contributed by atoms with Gasteiger partial charge in [-0.2, -0.15) is 0 Å². The predicted octanol–water partition coefficient (Wildman–Crippen LogP) is 0.923. The maximum atomic E-state index is 11.5. The molecule has 0 radical (unpaired) electrons. The van der Waals surface area contributed by atoms with Crippen molar-refractivity contribution in [2.45, 2.75) is 15.6 Å². The van der Waals surface area contributed by atoms with Crippen molar-refractivity contribution in [1.29, 1.82) is 0 Å². The van der Waals surface area contributed by atoms with Gasteiger partial charge in [0.25, 0.3) is 0 Å². The van der Waals surface area contributed by atoms with E-state index < -0.39 is 14.3 Å². The van der Waals surface area contributed by atoms with E-state index in [9.17, 15) is 8.42 Å². The van der Waals surface area contributed by atoms with Gasteiger partial charge in [0.15, 0.2) is 0 Å². The van der Waals surface area contributed by atoms with Gasteiger partial charge in [-0.3, -0.25) is 0 Å². The van der Waals surface area contributed by atoms with Gasteiger partial charge in [-0.05, 0) is 11.6 Å². The minimum atomic E-state index is -3.74. The lowest BCUT2D eigenvalue weighted by molar-refractivity contribution is 0.139. The third-order valence-corrected chi connectivity index (χ3v) is 5.75. The predicted molar refractivity (Wildman–Crippen MR) is 58.9 cm³/mol. The SMILES string of the molecule is COC1(S(N)(=O)=O)Cc2ccccc2S1. The van der Waals surface area contributed by atoms with Gasteiger partial charge >= 0.3 is 0 Å². The van der Waals surface area contributed by atoms with Crippen LogP contribution < -0.4 is 5.14 Å². The van der Waals surface area contributed by atoms with E-state index in [0.717, 1.165) is 22.2 Å². The van der Waals surface area contributed by atoms with Crippen LogP contribution in [0, 0.1) is 0 Å². The molecular weight excluding hydrogens is 234 g/mol. The molecule has 1 aromatic carbocycles. The molecule has 0 bridgehead atoms. The molecule has 0 saturated heterocycles. The maximum absolute atomic E-state index is 11.5. The van der Waals surface area contributed by atoms with Crippen LogP contribution in [-0.4, -0.2) is 19.8 Å². The second kappa shape index (κ2) is 3.48. The molecule has 15 heavy (non-hydrogen) atoms. The molecular formula is C9H11NO3S2. The molecule has 0 aliphatic carbocycles. The van der Waals surface area contributed by atoms with E-state index in [4.69, 9.17) is 9.88 Å². The summed E-state index contributed by atoms with van der Waals surface area (Å²) in [5.74, 6) is 0. The van der Waals surface area contributed by atoms with E-state index in [1.807, 2.05) is 24.3 Å². The molecule has 1 aliphatic heterocycles. The van der Waals surface area contributed by atoms with Crippen molar-refractivity contribution < 1.29 is 13.2 Å². The molecule has 1 aliphatic rings. The largest absolute Gasteiger partial charge is 0.352 e. The Balaban J connectivity index is 2.47. The zero-order valence-corrected chi connectivity index (χ0v) is 9.77. The quantitative estimate of drug-likeness (QED) is 0.841. The topological polar surface area (TPSA) is 69.4 Å². The van der Waals surface area contributed by atoms with Crippen LogP contribution in [0.3, 0.4) is 0 Å². The van der Waals surface area contributed by atoms with Crippen LogP contribution in [0.15, 0.2) is 29.2 Å². The molecule has 2 rings (SSSR count). The Labute approximate surface area is 92.9 Å². The average Bonchev–Trinajstić information content (AvgIpc) is 2.56. The molecule has 6 heteroatoms. The number of rotatable bonds is 2. The highest BCUT2D eigenvalue weighted by molar-refractivity contribution is 8.14. The van der Waals surface area contributed by atoms with Crippen LogP contribution >= 0.6 is 11.8 Å². The van der Waals surface area contributed by atoms with Crippen LogP contribution in [0.1, 0.15) is 5.56 Å². The first kappa shape index (κ1) is 10.9. The fourth-order valence-corrected chi connectivity index (χ4v) is 3.96. The summed E-state index contributed by atoms with van der Waals surface area (Å²) in [7, 11) is -2.38. The van der Waals surface area contributed by atoms with Crippen molar-refractivity contribution in [3.63, 3.8) is 0 Å². The lowest BCUT2D eigenvalue weighted by atomic mass is 10.2. The summed E-state index contributed by atoms with van der Waals surface area (Å²) in [5.41, 5.74) is 0.957. The number of methoxy groups -OCH3 is 1. The van der Waals surface area contributed by atoms with Crippen LogP contribution in [0.4, 0.5) is 0 Å². The lowest BCUT2D eigenvalue weighted by Gasteiger charge is -2.23. The summed E-state index contributed by atoms with van der Waals surface area (Å²) in [6.45, 7) is 0. The molecule has 2 N–H and O–H groups in total. The molecule has 1 heterocycles. The monoisotopic (exact) mass is 245 g/mol. The molecule has 0 fully saturated rings. The number of hydrogen-bond acceptors (Lipinski definition) is 4. The Hall–Kier alpha value is -0.560. The highest BCUT2D eigenvalue weighted by atomic mass is 32.3. The van der Waals surface area contributed by atoms with Gasteiger partial charge in [0.2, 0.25) is 14.3 Å².